The Kier molecular flexibility index (Phi) is 5.14. The Balaban J connectivity index is 2.09. The maximum absolute atomic E-state index is 9.74. The highest BCUT2D eigenvalue weighted by molar-refractivity contribution is 5.33. The van der Waals surface area contributed by atoms with E-state index in [1.165, 1.54) is 18.9 Å². The van der Waals surface area contributed by atoms with Crippen LogP contribution in [0.2, 0.25) is 0 Å². The fraction of sp³-hybridized carbons (Fsp3) is 0.700. The van der Waals surface area contributed by atoms with Crippen LogP contribution in [0, 0.1) is 5.92 Å². The van der Waals surface area contributed by atoms with Gasteiger partial charge in [0.1, 0.15) is 0 Å². The second kappa shape index (κ2) is 6.58. The van der Waals surface area contributed by atoms with E-state index in [1.54, 1.807) is 0 Å². The maximum Gasteiger partial charge on any atom is 0.235 e. The molecule has 72 valence electrons. The lowest BCUT2D eigenvalue weighted by Crippen LogP contribution is -2.27. The van der Waals surface area contributed by atoms with Gasteiger partial charge in [-0.1, -0.05) is 12.2 Å². The molecule has 0 amide bonds. The zero-order valence-corrected chi connectivity index (χ0v) is 7.83. The Morgan fingerprint density at radius 1 is 1.38 bits per heavy atom. The van der Waals surface area contributed by atoms with Crippen molar-refractivity contribution in [3.05, 3.63) is 12.2 Å². The molecule has 1 fully saturated rings. The third kappa shape index (κ3) is 4.61. The number of carbonyl (C=O) groups excluding carboxylic acids is 1. The molecular weight excluding hydrogens is 164 g/mol. The van der Waals surface area contributed by atoms with E-state index in [9.17, 15) is 4.79 Å². The minimum absolute atomic E-state index is 0.481. The average molecular weight is 180 g/mol. The summed E-state index contributed by atoms with van der Waals surface area (Å²) in [5, 5.41) is 3.33. The predicted molar refractivity (Wildman–Crippen MR) is 52.3 cm³/mol. The van der Waals surface area contributed by atoms with Crippen LogP contribution in [0.3, 0.4) is 0 Å². The van der Waals surface area contributed by atoms with Gasteiger partial charge < -0.3 is 5.32 Å². The number of allylic oxidation sites excluding steroid dienone is 1. The largest absolute Gasteiger partial charge is 0.317 e. The highest BCUT2D eigenvalue weighted by Crippen LogP contribution is 2.15. The van der Waals surface area contributed by atoms with Gasteiger partial charge in [0.05, 0.1) is 6.54 Å². The van der Waals surface area contributed by atoms with Gasteiger partial charge >= 0.3 is 0 Å². The summed E-state index contributed by atoms with van der Waals surface area (Å²) in [6.07, 6.45) is 9.23. The van der Waals surface area contributed by atoms with Crippen molar-refractivity contribution in [1.82, 2.24) is 5.32 Å². The zero-order valence-electron chi connectivity index (χ0n) is 7.83. The minimum Gasteiger partial charge on any atom is -0.317 e. The van der Waals surface area contributed by atoms with E-state index in [1.807, 2.05) is 6.08 Å². The summed E-state index contributed by atoms with van der Waals surface area (Å²) in [7, 11) is 0. The lowest BCUT2D eigenvalue weighted by atomic mass is 9.95. The lowest BCUT2D eigenvalue weighted by molar-refractivity contribution is 0.377. The van der Waals surface area contributed by atoms with E-state index in [4.69, 9.17) is 0 Å². The van der Waals surface area contributed by atoms with Crippen molar-refractivity contribution in [3.8, 4) is 0 Å². The van der Waals surface area contributed by atoms with E-state index in [-0.39, 0.29) is 0 Å². The van der Waals surface area contributed by atoms with Gasteiger partial charge in [-0.05, 0) is 38.3 Å². The van der Waals surface area contributed by atoms with Crippen molar-refractivity contribution in [2.24, 2.45) is 10.9 Å². The molecule has 0 spiro atoms. The highest BCUT2D eigenvalue weighted by Gasteiger charge is 2.10. The summed E-state index contributed by atoms with van der Waals surface area (Å²) in [6, 6.07) is 0. The number of piperidine rings is 1. The Bertz CT molecular complexity index is 201. The summed E-state index contributed by atoms with van der Waals surface area (Å²) in [5.74, 6) is 0.817. The number of aliphatic imine (C=N–C) groups is 1. The van der Waals surface area contributed by atoms with E-state index in [0.29, 0.717) is 6.54 Å². The molecule has 0 aliphatic carbocycles. The summed E-state index contributed by atoms with van der Waals surface area (Å²) in [6.45, 7) is 2.77. The fourth-order valence-corrected chi connectivity index (χ4v) is 1.57. The SMILES string of the molecule is O=C=NC/C=C\CC1CCNCC1. The molecule has 1 aliphatic rings. The zero-order chi connectivity index (χ0) is 9.36. The summed E-state index contributed by atoms with van der Waals surface area (Å²) < 4.78 is 0. The lowest BCUT2D eigenvalue weighted by Gasteiger charge is -2.20. The molecule has 1 aliphatic heterocycles. The molecule has 3 heteroatoms. The van der Waals surface area contributed by atoms with Gasteiger partial charge in [0.15, 0.2) is 0 Å². The van der Waals surface area contributed by atoms with Crippen molar-refractivity contribution >= 4 is 6.08 Å². The van der Waals surface area contributed by atoms with Gasteiger partial charge in [-0.2, -0.15) is 0 Å². The Hall–Kier alpha value is -0.920. The normalized spacial score (nSPS) is 18.8. The summed E-state index contributed by atoms with van der Waals surface area (Å²) >= 11 is 0. The van der Waals surface area contributed by atoms with Gasteiger partial charge in [0, 0.05) is 0 Å². The third-order valence-corrected chi connectivity index (χ3v) is 2.36. The molecule has 0 aromatic rings. The number of isocyanates is 1. The average Bonchev–Trinajstić information content (AvgIpc) is 2.19. The van der Waals surface area contributed by atoms with Crippen LogP contribution >= 0.6 is 0 Å². The Morgan fingerprint density at radius 3 is 2.85 bits per heavy atom. The third-order valence-electron chi connectivity index (χ3n) is 2.36. The van der Waals surface area contributed by atoms with Crippen molar-refractivity contribution in [3.63, 3.8) is 0 Å². The second-order valence-corrected chi connectivity index (χ2v) is 3.33. The Labute approximate surface area is 78.9 Å². The van der Waals surface area contributed by atoms with Gasteiger partial charge in [0.25, 0.3) is 0 Å². The second-order valence-electron chi connectivity index (χ2n) is 3.33. The Morgan fingerprint density at radius 2 is 2.15 bits per heavy atom. The van der Waals surface area contributed by atoms with Gasteiger partial charge in [-0.3, -0.25) is 0 Å². The molecule has 1 heterocycles. The van der Waals surface area contributed by atoms with Crippen molar-refractivity contribution in [2.75, 3.05) is 19.6 Å². The molecule has 0 unspecified atom stereocenters. The van der Waals surface area contributed by atoms with Gasteiger partial charge in [-0.25, -0.2) is 9.79 Å². The molecule has 0 saturated carbocycles. The van der Waals surface area contributed by atoms with Crippen LogP contribution in [0.5, 0.6) is 0 Å². The molecule has 1 N–H and O–H groups in total. The number of nitrogens with zero attached hydrogens (tertiary/aromatic N) is 1. The first kappa shape index (κ1) is 10.2. The van der Waals surface area contributed by atoms with Crippen LogP contribution in [0.15, 0.2) is 17.1 Å². The van der Waals surface area contributed by atoms with Crippen molar-refractivity contribution in [2.45, 2.75) is 19.3 Å². The van der Waals surface area contributed by atoms with Crippen molar-refractivity contribution in [1.29, 1.82) is 0 Å². The molecule has 3 nitrogen and oxygen atoms in total. The van der Waals surface area contributed by atoms with E-state index < -0.39 is 0 Å². The number of nitrogens with one attached hydrogen (secondary N) is 1. The fourth-order valence-electron chi connectivity index (χ4n) is 1.57. The molecule has 13 heavy (non-hydrogen) atoms. The molecule has 0 bridgehead atoms. The van der Waals surface area contributed by atoms with E-state index in [0.717, 1.165) is 25.4 Å². The van der Waals surface area contributed by atoms with Gasteiger partial charge in [-0.15, -0.1) is 0 Å². The van der Waals surface area contributed by atoms with Gasteiger partial charge in [0.2, 0.25) is 6.08 Å². The summed E-state index contributed by atoms with van der Waals surface area (Å²) in [5.41, 5.74) is 0. The molecule has 1 saturated heterocycles. The number of hydrogen-bond donors (Lipinski definition) is 1. The highest BCUT2D eigenvalue weighted by atomic mass is 16.1. The predicted octanol–water partition coefficient (Wildman–Crippen LogP) is 1.27. The van der Waals surface area contributed by atoms with Crippen molar-refractivity contribution < 1.29 is 4.79 Å². The minimum atomic E-state index is 0.481. The molecule has 0 atom stereocenters. The van der Waals surface area contributed by atoms with Crippen LogP contribution in [0.4, 0.5) is 0 Å². The van der Waals surface area contributed by atoms with Crippen LogP contribution < -0.4 is 5.32 Å². The molecule has 1 rings (SSSR count). The van der Waals surface area contributed by atoms with Crippen LogP contribution in [0.25, 0.3) is 0 Å². The van der Waals surface area contributed by atoms with Crippen LogP contribution in [-0.2, 0) is 4.79 Å². The number of rotatable bonds is 4. The smallest absolute Gasteiger partial charge is 0.235 e. The van der Waals surface area contributed by atoms with Crippen LogP contribution in [0.1, 0.15) is 19.3 Å². The summed E-state index contributed by atoms with van der Waals surface area (Å²) in [4.78, 5) is 13.2. The first-order valence-corrected chi connectivity index (χ1v) is 4.83. The molecular formula is C10H16N2O. The number of hydrogen-bond acceptors (Lipinski definition) is 3. The standard InChI is InChI=1S/C10H16N2O/c13-9-12-6-2-1-3-10-4-7-11-8-5-10/h1-2,10-11H,3-8H2/b2-1-. The van der Waals surface area contributed by atoms with E-state index >= 15 is 0 Å². The molecule has 0 aromatic carbocycles. The maximum atomic E-state index is 9.74. The quantitative estimate of drug-likeness (QED) is 0.402. The first-order valence-electron chi connectivity index (χ1n) is 4.83. The molecule has 0 aromatic heterocycles. The molecule has 0 radical (unpaired) electrons. The monoisotopic (exact) mass is 180 g/mol. The van der Waals surface area contributed by atoms with Crippen LogP contribution in [-0.4, -0.2) is 25.7 Å². The topological polar surface area (TPSA) is 41.5 Å². The first-order chi connectivity index (χ1) is 6.43. The van der Waals surface area contributed by atoms with E-state index in [2.05, 4.69) is 16.4 Å².